The monoisotopic (exact) mass is 301 g/mol. The summed E-state index contributed by atoms with van der Waals surface area (Å²) in [6.45, 7) is 1.64. The fraction of sp³-hybridized carbons (Fsp3) is 0.438. The predicted molar refractivity (Wildman–Crippen MR) is 80.0 cm³/mol. The highest BCUT2D eigenvalue weighted by Gasteiger charge is 2.27. The molecule has 3 rings (SSSR count). The Balaban J connectivity index is 1.59. The number of likely N-dealkylation sites (tertiary alicyclic amines) is 1. The highest BCUT2D eigenvalue weighted by atomic mass is 16.5. The Hall–Kier alpha value is -2.21. The molecule has 1 aliphatic heterocycles. The summed E-state index contributed by atoms with van der Waals surface area (Å²) in [6.07, 6.45) is 1.66. The lowest BCUT2D eigenvalue weighted by atomic mass is 10.1. The lowest BCUT2D eigenvalue weighted by molar-refractivity contribution is -0.134. The van der Waals surface area contributed by atoms with Gasteiger partial charge in [-0.05, 0) is 24.5 Å². The van der Waals surface area contributed by atoms with Crippen molar-refractivity contribution >= 4 is 5.91 Å². The number of amides is 1. The van der Waals surface area contributed by atoms with Gasteiger partial charge in [-0.25, -0.2) is 0 Å². The number of aromatic nitrogens is 2. The lowest BCUT2D eigenvalue weighted by Crippen LogP contribution is -2.31. The second kappa shape index (κ2) is 6.70. The van der Waals surface area contributed by atoms with Gasteiger partial charge in [-0.2, -0.15) is 0 Å². The van der Waals surface area contributed by atoms with Crippen molar-refractivity contribution in [1.29, 1.82) is 0 Å². The molecule has 0 N–H and O–H groups in total. The van der Waals surface area contributed by atoms with Gasteiger partial charge in [0.25, 0.3) is 0 Å². The molecular formula is C16H19N3O3. The minimum atomic E-state index is 0.0421. The van der Waals surface area contributed by atoms with E-state index in [1.165, 1.54) is 7.11 Å². The van der Waals surface area contributed by atoms with Gasteiger partial charge in [0, 0.05) is 32.2 Å². The summed E-state index contributed by atoms with van der Waals surface area (Å²) >= 11 is 0. The molecule has 2 aromatic rings. The van der Waals surface area contributed by atoms with Crippen molar-refractivity contribution in [3.05, 3.63) is 36.2 Å². The third kappa shape index (κ3) is 3.33. The highest BCUT2D eigenvalue weighted by Crippen LogP contribution is 2.23. The molecule has 1 aliphatic rings. The SMILES string of the molecule is COCC(=O)N1CCC(Cc2nnc(-c3ccccc3)o2)C1. The maximum atomic E-state index is 11.8. The van der Waals surface area contributed by atoms with Crippen LogP contribution in [0.15, 0.2) is 34.7 Å². The number of ether oxygens (including phenoxy) is 1. The smallest absolute Gasteiger partial charge is 0.248 e. The van der Waals surface area contributed by atoms with E-state index in [2.05, 4.69) is 10.2 Å². The Kier molecular flexibility index (Phi) is 4.48. The van der Waals surface area contributed by atoms with Crippen molar-refractivity contribution in [2.75, 3.05) is 26.8 Å². The summed E-state index contributed by atoms with van der Waals surface area (Å²) < 4.78 is 10.6. The van der Waals surface area contributed by atoms with Crippen molar-refractivity contribution in [2.24, 2.45) is 5.92 Å². The van der Waals surface area contributed by atoms with E-state index in [1.807, 2.05) is 35.2 Å². The van der Waals surface area contributed by atoms with Crippen molar-refractivity contribution in [1.82, 2.24) is 15.1 Å². The molecule has 0 radical (unpaired) electrons. The summed E-state index contributed by atoms with van der Waals surface area (Å²) in [5.41, 5.74) is 0.921. The van der Waals surface area contributed by atoms with Crippen LogP contribution in [0.25, 0.3) is 11.5 Å². The molecule has 2 heterocycles. The van der Waals surface area contributed by atoms with Gasteiger partial charge in [0.05, 0.1) is 0 Å². The van der Waals surface area contributed by atoms with Crippen molar-refractivity contribution < 1.29 is 13.9 Å². The normalized spacial score (nSPS) is 17.9. The summed E-state index contributed by atoms with van der Waals surface area (Å²) in [4.78, 5) is 13.6. The molecule has 6 nitrogen and oxygen atoms in total. The van der Waals surface area contributed by atoms with E-state index in [4.69, 9.17) is 9.15 Å². The predicted octanol–water partition coefficient (Wildman–Crippen LogP) is 1.77. The maximum Gasteiger partial charge on any atom is 0.248 e. The number of hydrogen-bond donors (Lipinski definition) is 0. The summed E-state index contributed by atoms with van der Waals surface area (Å²) in [5.74, 6) is 1.58. The van der Waals surface area contributed by atoms with Crippen LogP contribution in [-0.4, -0.2) is 47.8 Å². The summed E-state index contributed by atoms with van der Waals surface area (Å²) in [6, 6.07) is 9.71. The number of methoxy groups -OCH3 is 1. The van der Waals surface area contributed by atoms with Gasteiger partial charge in [-0.1, -0.05) is 18.2 Å². The number of carbonyl (C=O) groups is 1. The Labute approximate surface area is 129 Å². The zero-order chi connectivity index (χ0) is 15.4. The molecule has 6 heteroatoms. The molecule has 1 amide bonds. The average Bonchev–Trinajstić information content (AvgIpc) is 3.18. The van der Waals surface area contributed by atoms with Gasteiger partial charge in [-0.3, -0.25) is 4.79 Å². The minimum Gasteiger partial charge on any atom is -0.421 e. The number of rotatable bonds is 5. The van der Waals surface area contributed by atoms with Crippen LogP contribution in [0.3, 0.4) is 0 Å². The first kappa shape index (κ1) is 14.7. The Morgan fingerprint density at radius 3 is 2.95 bits per heavy atom. The first-order valence-electron chi connectivity index (χ1n) is 7.41. The van der Waals surface area contributed by atoms with E-state index in [9.17, 15) is 4.79 Å². The molecular weight excluding hydrogens is 282 g/mol. The van der Waals surface area contributed by atoms with Gasteiger partial charge in [0.1, 0.15) is 6.61 Å². The van der Waals surface area contributed by atoms with Gasteiger partial charge < -0.3 is 14.1 Å². The Morgan fingerprint density at radius 2 is 2.18 bits per heavy atom. The number of hydrogen-bond acceptors (Lipinski definition) is 5. The molecule has 0 spiro atoms. The Bertz CT molecular complexity index is 627. The van der Waals surface area contributed by atoms with Gasteiger partial charge in [0.2, 0.25) is 17.7 Å². The zero-order valence-electron chi connectivity index (χ0n) is 12.6. The Morgan fingerprint density at radius 1 is 1.36 bits per heavy atom. The van der Waals surface area contributed by atoms with E-state index in [0.29, 0.717) is 24.1 Å². The summed E-state index contributed by atoms with van der Waals surface area (Å²) in [5, 5.41) is 8.21. The molecule has 1 unspecified atom stereocenters. The quantitative estimate of drug-likeness (QED) is 0.842. The molecule has 1 saturated heterocycles. The standard InChI is InChI=1S/C16H19N3O3/c1-21-11-15(20)19-8-7-12(10-19)9-14-17-18-16(22-14)13-5-3-2-4-6-13/h2-6,12H,7-11H2,1H3. The largest absolute Gasteiger partial charge is 0.421 e. The van der Waals surface area contributed by atoms with Crippen LogP contribution >= 0.6 is 0 Å². The topological polar surface area (TPSA) is 68.5 Å². The van der Waals surface area contributed by atoms with E-state index in [1.54, 1.807) is 0 Å². The van der Waals surface area contributed by atoms with E-state index >= 15 is 0 Å². The lowest BCUT2D eigenvalue weighted by Gasteiger charge is -2.15. The third-order valence-electron chi connectivity index (χ3n) is 3.86. The molecule has 1 aromatic carbocycles. The van der Waals surface area contributed by atoms with Gasteiger partial charge in [-0.15, -0.1) is 10.2 Å². The first-order valence-corrected chi connectivity index (χ1v) is 7.41. The average molecular weight is 301 g/mol. The molecule has 0 saturated carbocycles. The molecule has 1 fully saturated rings. The number of benzene rings is 1. The van der Waals surface area contributed by atoms with Gasteiger partial charge in [0.15, 0.2) is 0 Å². The van der Waals surface area contributed by atoms with Gasteiger partial charge >= 0.3 is 0 Å². The molecule has 0 bridgehead atoms. The van der Waals surface area contributed by atoms with Crippen molar-refractivity contribution in [3.63, 3.8) is 0 Å². The zero-order valence-corrected chi connectivity index (χ0v) is 12.6. The second-order valence-electron chi connectivity index (χ2n) is 5.50. The molecule has 1 aromatic heterocycles. The first-order chi connectivity index (χ1) is 10.8. The van der Waals surface area contributed by atoms with Crippen LogP contribution in [0, 0.1) is 5.92 Å². The number of carbonyl (C=O) groups excluding carboxylic acids is 1. The highest BCUT2D eigenvalue weighted by molar-refractivity contribution is 5.77. The van der Waals surface area contributed by atoms with E-state index in [0.717, 1.165) is 25.1 Å². The molecule has 0 aliphatic carbocycles. The van der Waals surface area contributed by atoms with Crippen LogP contribution in [0.2, 0.25) is 0 Å². The van der Waals surface area contributed by atoms with Crippen LogP contribution in [0.1, 0.15) is 12.3 Å². The minimum absolute atomic E-state index is 0.0421. The molecule has 116 valence electrons. The van der Waals surface area contributed by atoms with Crippen LogP contribution in [-0.2, 0) is 16.0 Å². The fourth-order valence-electron chi connectivity index (χ4n) is 2.72. The van der Waals surface area contributed by atoms with E-state index < -0.39 is 0 Å². The fourth-order valence-corrected chi connectivity index (χ4v) is 2.72. The van der Waals surface area contributed by atoms with Crippen LogP contribution in [0.5, 0.6) is 0 Å². The third-order valence-corrected chi connectivity index (χ3v) is 3.86. The van der Waals surface area contributed by atoms with Crippen molar-refractivity contribution in [3.8, 4) is 11.5 Å². The summed E-state index contributed by atoms with van der Waals surface area (Å²) in [7, 11) is 1.54. The second-order valence-corrected chi connectivity index (χ2v) is 5.50. The molecule has 22 heavy (non-hydrogen) atoms. The van der Waals surface area contributed by atoms with E-state index in [-0.39, 0.29) is 12.5 Å². The molecule has 1 atom stereocenters. The van der Waals surface area contributed by atoms with Crippen LogP contribution in [0.4, 0.5) is 0 Å². The van der Waals surface area contributed by atoms with Crippen LogP contribution < -0.4 is 0 Å². The number of nitrogens with zero attached hydrogens (tertiary/aromatic N) is 3. The maximum absolute atomic E-state index is 11.8. The van der Waals surface area contributed by atoms with Crippen molar-refractivity contribution in [2.45, 2.75) is 12.8 Å².